The zero-order valence-electron chi connectivity index (χ0n) is 12.2. The number of rotatable bonds is 3. The van der Waals surface area contributed by atoms with E-state index in [-0.39, 0.29) is 11.3 Å². The summed E-state index contributed by atoms with van der Waals surface area (Å²) in [6.45, 7) is 4.16. The summed E-state index contributed by atoms with van der Waals surface area (Å²) in [5.74, 6) is 1.05. The molecule has 0 atom stereocenters. The highest BCUT2D eigenvalue weighted by molar-refractivity contribution is 5.96. The lowest BCUT2D eigenvalue weighted by molar-refractivity contribution is 0.0865. The summed E-state index contributed by atoms with van der Waals surface area (Å²) in [5, 5.41) is 0. The number of methoxy groups -OCH3 is 2. The number of ether oxygens (including phenoxy) is 2. The van der Waals surface area contributed by atoms with E-state index < -0.39 is 0 Å². The van der Waals surface area contributed by atoms with E-state index in [0.29, 0.717) is 17.1 Å². The van der Waals surface area contributed by atoms with Gasteiger partial charge >= 0.3 is 0 Å². The second-order valence-electron chi connectivity index (χ2n) is 5.24. The fourth-order valence-corrected chi connectivity index (χ4v) is 1.90. The number of carbonyl (C=O) groups excluding carboxylic acids is 1. The molecule has 1 aromatic rings. The summed E-state index contributed by atoms with van der Waals surface area (Å²) in [6.07, 6.45) is 7.56. The first-order valence-corrected chi connectivity index (χ1v) is 6.40. The highest BCUT2D eigenvalue weighted by Gasteiger charge is 2.19. The highest BCUT2D eigenvalue weighted by Crippen LogP contribution is 2.29. The Labute approximate surface area is 119 Å². The third-order valence-corrected chi connectivity index (χ3v) is 3.19. The molecule has 0 saturated carbocycles. The Bertz CT molecular complexity index is 557. The van der Waals surface area contributed by atoms with E-state index in [1.54, 1.807) is 49.7 Å². The quantitative estimate of drug-likeness (QED) is 0.848. The van der Waals surface area contributed by atoms with Crippen molar-refractivity contribution in [2.24, 2.45) is 5.41 Å². The van der Waals surface area contributed by atoms with Crippen LogP contribution in [-0.2, 0) is 0 Å². The molecule has 1 heterocycles. The minimum absolute atomic E-state index is 0.0195. The molecule has 0 radical (unpaired) electrons. The fraction of sp³-hybridized carbons (Fsp3) is 0.312. The first-order chi connectivity index (χ1) is 9.46. The Morgan fingerprint density at radius 3 is 2.20 bits per heavy atom. The van der Waals surface area contributed by atoms with Crippen molar-refractivity contribution in [1.29, 1.82) is 0 Å². The van der Waals surface area contributed by atoms with Crippen LogP contribution in [0.15, 0.2) is 42.8 Å². The van der Waals surface area contributed by atoms with Crippen LogP contribution >= 0.6 is 0 Å². The molecule has 1 aliphatic heterocycles. The maximum Gasteiger partial charge on any atom is 0.261 e. The Balaban J connectivity index is 2.25. The van der Waals surface area contributed by atoms with Crippen molar-refractivity contribution >= 4 is 5.91 Å². The Hall–Kier alpha value is -2.23. The van der Waals surface area contributed by atoms with Crippen molar-refractivity contribution in [2.75, 3.05) is 14.2 Å². The minimum Gasteiger partial charge on any atom is -0.493 e. The summed E-state index contributed by atoms with van der Waals surface area (Å²) in [4.78, 5) is 14.0. The molecule has 20 heavy (non-hydrogen) atoms. The molecule has 0 bridgehead atoms. The highest BCUT2D eigenvalue weighted by atomic mass is 16.5. The number of carbonyl (C=O) groups is 1. The molecule has 1 aromatic carbocycles. The third-order valence-electron chi connectivity index (χ3n) is 3.19. The summed E-state index contributed by atoms with van der Waals surface area (Å²) in [5.41, 5.74) is 0.533. The summed E-state index contributed by atoms with van der Waals surface area (Å²) in [7, 11) is 3.12. The molecule has 1 aliphatic rings. The smallest absolute Gasteiger partial charge is 0.261 e. The van der Waals surface area contributed by atoms with Crippen molar-refractivity contribution in [3.63, 3.8) is 0 Å². The van der Waals surface area contributed by atoms with Crippen molar-refractivity contribution < 1.29 is 14.3 Å². The SMILES string of the molecule is COc1ccc(C(=O)N2C=CC(C)(C)C=C2)cc1OC. The second kappa shape index (κ2) is 5.41. The van der Waals surface area contributed by atoms with Gasteiger partial charge in [0.2, 0.25) is 0 Å². The van der Waals surface area contributed by atoms with Gasteiger partial charge in [-0.05, 0) is 18.2 Å². The minimum atomic E-state index is -0.103. The van der Waals surface area contributed by atoms with E-state index in [0.717, 1.165) is 0 Å². The lowest BCUT2D eigenvalue weighted by atomic mass is 9.92. The molecule has 0 fully saturated rings. The number of allylic oxidation sites excluding steroid dienone is 2. The molecule has 4 heteroatoms. The van der Waals surface area contributed by atoms with Crippen LogP contribution < -0.4 is 9.47 Å². The molecule has 0 unspecified atom stereocenters. The lowest BCUT2D eigenvalue weighted by Crippen LogP contribution is -2.24. The van der Waals surface area contributed by atoms with E-state index in [9.17, 15) is 4.79 Å². The Morgan fingerprint density at radius 1 is 1.05 bits per heavy atom. The van der Waals surface area contributed by atoms with Crippen LogP contribution in [0.25, 0.3) is 0 Å². The van der Waals surface area contributed by atoms with Crippen LogP contribution in [0.2, 0.25) is 0 Å². The molecule has 0 spiro atoms. The van der Waals surface area contributed by atoms with Gasteiger partial charge in [0.15, 0.2) is 11.5 Å². The average Bonchev–Trinajstić information content (AvgIpc) is 2.45. The van der Waals surface area contributed by atoms with E-state index in [4.69, 9.17) is 9.47 Å². The molecular formula is C16H19NO3. The first-order valence-electron chi connectivity index (χ1n) is 6.40. The average molecular weight is 273 g/mol. The normalized spacial score (nSPS) is 16.1. The lowest BCUT2D eigenvalue weighted by Gasteiger charge is -2.24. The van der Waals surface area contributed by atoms with Crippen molar-refractivity contribution in [1.82, 2.24) is 4.90 Å². The molecule has 2 rings (SSSR count). The van der Waals surface area contributed by atoms with Gasteiger partial charge in [0.25, 0.3) is 5.91 Å². The van der Waals surface area contributed by atoms with Gasteiger partial charge in [0.1, 0.15) is 0 Å². The van der Waals surface area contributed by atoms with Crippen LogP contribution in [0.3, 0.4) is 0 Å². The van der Waals surface area contributed by atoms with Gasteiger partial charge in [0, 0.05) is 23.4 Å². The predicted octanol–water partition coefficient (Wildman–Crippen LogP) is 3.21. The van der Waals surface area contributed by atoms with Gasteiger partial charge in [-0.15, -0.1) is 0 Å². The fourth-order valence-electron chi connectivity index (χ4n) is 1.90. The van der Waals surface area contributed by atoms with Crippen molar-refractivity contribution in [2.45, 2.75) is 13.8 Å². The Kier molecular flexibility index (Phi) is 3.84. The van der Waals surface area contributed by atoms with Gasteiger partial charge in [0.05, 0.1) is 14.2 Å². The molecule has 0 aliphatic carbocycles. The van der Waals surface area contributed by atoms with E-state index in [1.165, 1.54) is 0 Å². The molecule has 106 valence electrons. The number of amides is 1. The topological polar surface area (TPSA) is 38.8 Å². The van der Waals surface area contributed by atoms with Gasteiger partial charge in [-0.2, -0.15) is 0 Å². The van der Waals surface area contributed by atoms with Crippen LogP contribution in [0.4, 0.5) is 0 Å². The van der Waals surface area contributed by atoms with Gasteiger partial charge in [-0.3, -0.25) is 9.69 Å². The summed E-state index contributed by atoms with van der Waals surface area (Å²) < 4.78 is 10.4. The van der Waals surface area contributed by atoms with Gasteiger partial charge in [-0.1, -0.05) is 26.0 Å². The summed E-state index contributed by atoms with van der Waals surface area (Å²) in [6, 6.07) is 5.14. The molecule has 0 N–H and O–H groups in total. The summed E-state index contributed by atoms with van der Waals surface area (Å²) >= 11 is 0. The number of hydrogen-bond acceptors (Lipinski definition) is 3. The van der Waals surface area contributed by atoms with Crippen LogP contribution in [0.1, 0.15) is 24.2 Å². The van der Waals surface area contributed by atoms with E-state index in [1.807, 2.05) is 12.2 Å². The van der Waals surface area contributed by atoms with E-state index >= 15 is 0 Å². The number of benzene rings is 1. The zero-order chi connectivity index (χ0) is 14.8. The number of nitrogens with zero attached hydrogens (tertiary/aromatic N) is 1. The third kappa shape index (κ3) is 2.85. The van der Waals surface area contributed by atoms with E-state index in [2.05, 4.69) is 13.8 Å². The number of hydrogen-bond donors (Lipinski definition) is 0. The zero-order valence-corrected chi connectivity index (χ0v) is 12.2. The molecule has 0 aromatic heterocycles. The molecule has 4 nitrogen and oxygen atoms in total. The van der Waals surface area contributed by atoms with Gasteiger partial charge in [-0.25, -0.2) is 0 Å². The van der Waals surface area contributed by atoms with Crippen LogP contribution in [0, 0.1) is 5.41 Å². The largest absolute Gasteiger partial charge is 0.493 e. The standard InChI is InChI=1S/C16H19NO3/c1-16(2)7-9-17(10-8-16)15(18)12-5-6-13(19-3)14(11-12)20-4/h5-11H,1-4H3. The first kappa shape index (κ1) is 14.2. The predicted molar refractivity (Wildman–Crippen MR) is 77.8 cm³/mol. The van der Waals surface area contributed by atoms with Crippen molar-refractivity contribution in [3.05, 3.63) is 48.3 Å². The Morgan fingerprint density at radius 2 is 1.65 bits per heavy atom. The van der Waals surface area contributed by atoms with Crippen LogP contribution in [0.5, 0.6) is 11.5 Å². The van der Waals surface area contributed by atoms with Crippen LogP contribution in [-0.4, -0.2) is 25.0 Å². The molecule has 0 saturated heterocycles. The van der Waals surface area contributed by atoms with Gasteiger partial charge < -0.3 is 9.47 Å². The molecular weight excluding hydrogens is 254 g/mol. The van der Waals surface area contributed by atoms with Crippen molar-refractivity contribution in [3.8, 4) is 11.5 Å². The molecule has 1 amide bonds. The monoisotopic (exact) mass is 273 g/mol. The maximum atomic E-state index is 12.4. The second-order valence-corrected chi connectivity index (χ2v) is 5.24. The maximum absolute atomic E-state index is 12.4.